The van der Waals surface area contributed by atoms with Gasteiger partial charge in [0.1, 0.15) is 17.2 Å². The molecule has 4 heterocycles. The molecule has 1 aliphatic heterocycles. The van der Waals surface area contributed by atoms with Crippen LogP contribution in [0, 0.1) is 6.92 Å². The second-order valence-electron chi connectivity index (χ2n) is 12.0. The van der Waals surface area contributed by atoms with Gasteiger partial charge in [-0.3, -0.25) is 0 Å². The van der Waals surface area contributed by atoms with E-state index in [9.17, 15) is 5.11 Å². The number of nitrogens with zero attached hydrogens (tertiary/aromatic N) is 4. The number of aromatic nitrogens is 4. The normalized spacial score (nSPS) is 15.5. The Kier molecular flexibility index (Phi) is 7.19. The van der Waals surface area contributed by atoms with Crippen molar-refractivity contribution in [2.24, 2.45) is 0 Å². The highest BCUT2D eigenvalue weighted by Gasteiger charge is 2.37. The zero-order valence-electron chi connectivity index (χ0n) is 23.4. The molecule has 5 rings (SSSR count). The van der Waals surface area contributed by atoms with Crippen molar-refractivity contribution in [1.82, 2.24) is 19.9 Å². The van der Waals surface area contributed by atoms with Gasteiger partial charge in [0.2, 0.25) is 0 Å². The van der Waals surface area contributed by atoms with Crippen LogP contribution in [0.15, 0.2) is 36.7 Å². The Morgan fingerprint density at radius 3 is 2.58 bits per heavy atom. The van der Waals surface area contributed by atoms with E-state index in [1.807, 2.05) is 12.1 Å². The molecule has 3 aromatic heterocycles. The van der Waals surface area contributed by atoms with Crippen LogP contribution in [0.5, 0.6) is 0 Å². The highest BCUT2D eigenvalue weighted by molar-refractivity contribution is 6.74. The van der Waals surface area contributed by atoms with Gasteiger partial charge in [-0.1, -0.05) is 32.9 Å². The van der Waals surface area contributed by atoms with Gasteiger partial charge in [0.15, 0.2) is 14.0 Å². The maximum Gasteiger partial charge on any atom is 0.192 e. The van der Waals surface area contributed by atoms with Crippen molar-refractivity contribution in [3.63, 3.8) is 0 Å². The molecule has 0 bridgehead atoms. The number of rotatable bonds is 7. The lowest BCUT2D eigenvalue weighted by molar-refractivity contribution is 0.145. The van der Waals surface area contributed by atoms with Crippen molar-refractivity contribution < 1.29 is 9.53 Å². The van der Waals surface area contributed by atoms with Crippen molar-refractivity contribution in [2.75, 3.05) is 23.3 Å². The maximum atomic E-state index is 9.82. The Labute approximate surface area is 226 Å². The van der Waals surface area contributed by atoms with Gasteiger partial charge in [-0.15, -0.1) is 0 Å². The number of hydrogen-bond acceptors (Lipinski definition) is 7. The number of aromatic amines is 1. The first-order chi connectivity index (χ1) is 18.0. The third kappa shape index (κ3) is 5.41. The van der Waals surface area contributed by atoms with E-state index in [4.69, 9.17) is 14.4 Å². The minimum Gasteiger partial charge on any atom is -0.412 e. The smallest absolute Gasteiger partial charge is 0.192 e. The van der Waals surface area contributed by atoms with Crippen molar-refractivity contribution in [3.05, 3.63) is 53.3 Å². The Hall–Kier alpha value is -3.01. The van der Waals surface area contributed by atoms with E-state index in [2.05, 4.69) is 79.3 Å². The van der Waals surface area contributed by atoms with Crippen molar-refractivity contribution >= 4 is 42.0 Å². The summed E-state index contributed by atoms with van der Waals surface area (Å²) in [6, 6.07) is 8.33. The number of aryl methyl sites for hydroxylation is 1. The van der Waals surface area contributed by atoms with E-state index in [-0.39, 0.29) is 11.1 Å². The zero-order chi connectivity index (χ0) is 27.1. The van der Waals surface area contributed by atoms with Gasteiger partial charge in [-0.05, 0) is 61.2 Å². The summed E-state index contributed by atoms with van der Waals surface area (Å²) in [6.45, 7) is 16.4. The number of piperidine rings is 1. The van der Waals surface area contributed by atoms with Gasteiger partial charge in [-0.2, -0.15) is 0 Å². The Morgan fingerprint density at radius 1 is 1.11 bits per heavy atom. The molecule has 1 fully saturated rings. The monoisotopic (exact) mass is 532 g/mol. The molecule has 8 nitrogen and oxygen atoms in total. The van der Waals surface area contributed by atoms with Crippen LogP contribution in [0.1, 0.15) is 50.3 Å². The van der Waals surface area contributed by atoms with Crippen LogP contribution in [0.4, 0.5) is 11.6 Å². The first-order valence-corrected chi connectivity index (χ1v) is 16.5. The van der Waals surface area contributed by atoms with E-state index < -0.39 is 8.32 Å². The second-order valence-corrected chi connectivity index (χ2v) is 16.8. The Bertz CT molecular complexity index is 1440. The summed E-state index contributed by atoms with van der Waals surface area (Å²) >= 11 is 0. The summed E-state index contributed by atoms with van der Waals surface area (Å²) in [5.41, 5.74) is 6.14. The van der Waals surface area contributed by atoms with Gasteiger partial charge in [0.25, 0.3) is 0 Å². The summed E-state index contributed by atoms with van der Waals surface area (Å²) in [5, 5.41) is 14.7. The number of pyridine rings is 1. The lowest BCUT2D eigenvalue weighted by atomic mass is 10.0. The molecule has 202 valence electrons. The maximum absolute atomic E-state index is 9.82. The average molecular weight is 533 g/mol. The summed E-state index contributed by atoms with van der Waals surface area (Å²) < 4.78 is 6.53. The number of nitrogens with one attached hydrogen (secondary N) is 2. The number of benzene rings is 1. The molecule has 9 heteroatoms. The topological polar surface area (TPSA) is 99.2 Å². The fraction of sp³-hybridized carbons (Fsp3) is 0.483. The van der Waals surface area contributed by atoms with Crippen LogP contribution < -0.4 is 10.2 Å². The molecule has 0 aliphatic carbocycles. The number of fused-ring (bicyclic) bond motifs is 2. The standard InChI is InChI=1S/C29H40N6O2Si/c1-19-15-32-27-21(18-37-38(5,6)29(2,3)4)8-7-20(26(19)27)16-31-24-17-30-23-9-10-25(34-28(23)33-24)35-13-11-22(36)12-14-35/h7-10,15,17,22,32,36H,11-14,16,18H2,1-6H3,(H,31,33,34). The third-order valence-electron chi connectivity index (χ3n) is 8.24. The molecule has 0 saturated carbocycles. The molecule has 0 amide bonds. The lowest BCUT2D eigenvalue weighted by Crippen LogP contribution is -2.40. The Morgan fingerprint density at radius 2 is 1.84 bits per heavy atom. The predicted molar refractivity (Wildman–Crippen MR) is 157 cm³/mol. The summed E-state index contributed by atoms with van der Waals surface area (Å²) in [7, 11) is -1.84. The van der Waals surface area contributed by atoms with Gasteiger partial charge in [0.05, 0.1) is 24.4 Å². The quantitative estimate of drug-likeness (QED) is 0.255. The Balaban J connectivity index is 1.33. The SMILES string of the molecule is Cc1c[nH]c2c(CO[Si](C)(C)C(C)(C)C)ccc(CNc3cnc4ccc(N5CCC(O)CC5)nc4n3)c12. The van der Waals surface area contributed by atoms with E-state index in [0.29, 0.717) is 24.6 Å². The highest BCUT2D eigenvalue weighted by Crippen LogP contribution is 2.37. The van der Waals surface area contributed by atoms with E-state index in [1.54, 1.807) is 6.20 Å². The van der Waals surface area contributed by atoms with Crippen LogP contribution in [-0.2, 0) is 17.6 Å². The fourth-order valence-corrected chi connectivity index (χ4v) is 5.68. The molecular formula is C29H40N6O2Si. The second kappa shape index (κ2) is 10.3. The van der Waals surface area contributed by atoms with Crippen LogP contribution in [0.2, 0.25) is 18.1 Å². The average Bonchev–Trinajstić information content (AvgIpc) is 3.28. The predicted octanol–water partition coefficient (Wildman–Crippen LogP) is 5.91. The molecule has 1 saturated heterocycles. The van der Waals surface area contributed by atoms with E-state index >= 15 is 0 Å². The van der Waals surface area contributed by atoms with Gasteiger partial charge >= 0.3 is 0 Å². The minimum atomic E-state index is -1.84. The first-order valence-electron chi connectivity index (χ1n) is 13.5. The van der Waals surface area contributed by atoms with E-state index in [1.165, 1.54) is 22.1 Å². The molecule has 4 aromatic rings. The van der Waals surface area contributed by atoms with Crippen LogP contribution >= 0.6 is 0 Å². The number of hydrogen-bond donors (Lipinski definition) is 3. The largest absolute Gasteiger partial charge is 0.412 e. The molecule has 38 heavy (non-hydrogen) atoms. The molecule has 3 N–H and O–H groups in total. The van der Waals surface area contributed by atoms with Gasteiger partial charge < -0.3 is 24.7 Å². The first kappa shape index (κ1) is 26.6. The molecular weight excluding hydrogens is 492 g/mol. The van der Waals surface area contributed by atoms with Crippen LogP contribution in [0.25, 0.3) is 22.1 Å². The van der Waals surface area contributed by atoms with Crippen molar-refractivity contribution in [3.8, 4) is 0 Å². The molecule has 0 unspecified atom stereocenters. The van der Waals surface area contributed by atoms with Gasteiger partial charge in [0, 0.05) is 36.8 Å². The zero-order valence-corrected chi connectivity index (χ0v) is 24.4. The number of aliphatic hydroxyl groups is 1. The molecule has 1 aromatic carbocycles. The number of aliphatic hydroxyl groups excluding tert-OH is 1. The van der Waals surface area contributed by atoms with Crippen LogP contribution in [-0.4, -0.2) is 52.6 Å². The number of anilines is 2. The lowest BCUT2D eigenvalue weighted by Gasteiger charge is -2.36. The molecule has 0 spiro atoms. The molecule has 0 atom stereocenters. The van der Waals surface area contributed by atoms with E-state index in [0.717, 1.165) is 42.8 Å². The molecule has 0 radical (unpaired) electrons. The van der Waals surface area contributed by atoms with Gasteiger partial charge in [-0.25, -0.2) is 15.0 Å². The van der Waals surface area contributed by atoms with Crippen molar-refractivity contribution in [2.45, 2.75) is 77.9 Å². The van der Waals surface area contributed by atoms with Crippen LogP contribution in [0.3, 0.4) is 0 Å². The fourth-order valence-electron chi connectivity index (χ4n) is 4.73. The highest BCUT2D eigenvalue weighted by atomic mass is 28.4. The van der Waals surface area contributed by atoms with Crippen molar-refractivity contribution in [1.29, 1.82) is 0 Å². The summed E-state index contributed by atoms with van der Waals surface area (Å²) in [4.78, 5) is 19.8. The summed E-state index contributed by atoms with van der Waals surface area (Å²) in [6.07, 6.45) is 5.16. The number of H-pyrrole nitrogens is 1. The molecule has 1 aliphatic rings. The summed E-state index contributed by atoms with van der Waals surface area (Å²) in [5.74, 6) is 1.58. The minimum absolute atomic E-state index is 0.175. The third-order valence-corrected chi connectivity index (χ3v) is 12.7.